The highest BCUT2D eigenvalue weighted by molar-refractivity contribution is 8.24. The summed E-state index contributed by atoms with van der Waals surface area (Å²) in [6, 6.07) is 25.0. The summed E-state index contributed by atoms with van der Waals surface area (Å²) < 4.78 is 12.3. The lowest BCUT2D eigenvalue weighted by atomic mass is 10.2. The normalized spacial score (nSPS) is 15.2. The number of nitrogens with zero attached hydrogens (tertiary/aromatic N) is 1. The van der Waals surface area contributed by atoms with Crippen molar-refractivity contribution in [2.24, 2.45) is 5.92 Å². The number of nitrogens with one attached hydrogen (secondary N) is 1. The highest BCUT2D eigenvalue weighted by atomic mass is 32.2. The Hall–Kier alpha value is -3.36. The second-order valence-corrected chi connectivity index (χ2v) is 11.0. The number of rotatable bonds is 11. The predicted molar refractivity (Wildman–Crippen MR) is 151 cm³/mol. The number of benzene rings is 3. The van der Waals surface area contributed by atoms with Crippen LogP contribution >= 0.6 is 24.0 Å². The lowest BCUT2D eigenvalue weighted by Gasteiger charge is -2.17. The molecule has 0 aliphatic carbocycles. The van der Waals surface area contributed by atoms with Crippen LogP contribution in [0.1, 0.15) is 31.4 Å². The summed E-state index contributed by atoms with van der Waals surface area (Å²) in [6.45, 7) is 5.55. The van der Waals surface area contributed by atoms with E-state index in [2.05, 4.69) is 5.32 Å². The van der Waals surface area contributed by atoms with Crippen LogP contribution in [0, 0.1) is 5.92 Å². The van der Waals surface area contributed by atoms with Gasteiger partial charge in [-0.2, -0.15) is 0 Å². The molecule has 1 fully saturated rings. The first kappa shape index (κ1) is 26.7. The maximum Gasteiger partial charge on any atom is 0.242 e. The number of ether oxygens (including phenoxy) is 2. The van der Waals surface area contributed by atoms with Crippen LogP contribution in [-0.2, 0) is 22.7 Å². The van der Waals surface area contributed by atoms with Crippen molar-refractivity contribution in [3.63, 3.8) is 0 Å². The fraction of sp³-hybridized carbons (Fsp3) is 0.276. The van der Waals surface area contributed by atoms with Gasteiger partial charge in [-0.1, -0.05) is 80.3 Å². The Labute approximate surface area is 227 Å². The molecule has 8 heteroatoms. The van der Waals surface area contributed by atoms with Crippen molar-refractivity contribution >= 4 is 40.1 Å². The molecule has 37 heavy (non-hydrogen) atoms. The third-order valence-electron chi connectivity index (χ3n) is 5.64. The third kappa shape index (κ3) is 7.81. The smallest absolute Gasteiger partial charge is 0.242 e. The van der Waals surface area contributed by atoms with Crippen LogP contribution in [0.5, 0.6) is 17.2 Å². The maximum absolute atomic E-state index is 12.6. The van der Waals surface area contributed by atoms with Crippen molar-refractivity contribution in [2.75, 3.05) is 6.54 Å². The largest absolute Gasteiger partial charge is 0.489 e. The van der Waals surface area contributed by atoms with Gasteiger partial charge in [-0.15, -0.1) is 0 Å². The van der Waals surface area contributed by atoms with E-state index in [9.17, 15) is 9.59 Å². The third-order valence-corrected chi connectivity index (χ3v) is 7.23. The SMILES string of the molecule is CC(C)CN1C(=O)C(CC(=O)NCc2ccc(Oc3ccc(OCc4ccccc4)cc3)cc2)SC1=S. The van der Waals surface area contributed by atoms with Crippen molar-refractivity contribution in [3.8, 4) is 17.2 Å². The topological polar surface area (TPSA) is 67.9 Å². The molecule has 6 nitrogen and oxygen atoms in total. The van der Waals surface area contributed by atoms with Gasteiger partial charge in [0.1, 0.15) is 28.2 Å². The summed E-state index contributed by atoms with van der Waals surface area (Å²) in [5, 5.41) is 2.45. The van der Waals surface area contributed by atoms with E-state index in [1.807, 2.05) is 92.7 Å². The molecule has 0 spiro atoms. The second-order valence-electron chi connectivity index (χ2n) is 9.19. The number of carbonyl (C=O) groups excluding carboxylic acids is 2. The first-order valence-electron chi connectivity index (χ1n) is 12.2. The zero-order valence-corrected chi connectivity index (χ0v) is 22.5. The van der Waals surface area contributed by atoms with Gasteiger partial charge >= 0.3 is 0 Å². The Balaban J connectivity index is 1.21. The molecule has 192 valence electrons. The quantitative estimate of drug-likeness (QED) is 0.307. The molecule has 1 unspecified atom stereocenters. The van der Waals surface area contributed by atoms with Crippen LogP contribution in [0.3, 0.4) is 0 Å². The van der Waals surface area contributed by atoms with Crippen LogP contribution in [0.25, 0.3) is 0 Å². The van der Waals surface area contributed by atoms with E-state index in [0.717, 1.165) is 16.9 Å². The summed E-state index contributed by atoms with van der Waals surface area (Å²) in [5.74, 6) is 2.25. The van der Waals surface area contributed by atoms with Gasteiger partial charge < -0.3 is 14.8 Å². The Bertz CT molecular complexity index is 1210. The van der Waals surface area contributed by atoms with E-state index < -0.39 is 5.25 Å². The standard InChI is InChI=1S/C29H30N2O4S2/c1-20(2)18-31-28(33)26(37-29(31)36)16-27(32)30-17-21-8-10-24(11-9-21)35-25-14-12-23(13-15-25)34-19-22-6-4-3-5-7-22/h3-15,20,26H,16-19H2,1-2H3,(H,30,32). The summed E-state index contributed by atoms with van der Waals surface area (Å²) in [5.41, 5.74) is 2.05. The van der Waals surface area contributed by atoms with Gasteiger partial charge in [0.15, 0.2) is 0 Å². The molecule has 0 aromatic heterocycles. The summed E-state index contributed by atoms with van der Waals surface area (Å²) in [6.07, 6.45) is 0.116. The van der Waals surface area contributed by atoms with Crippen molar-refractivity contribution in [3.05, 3.63) is 90.0 Å². The molecule has 1 aliphatic heterocycles. The Kier molecular flexibility index (Phi) is 9.19. The number of carbonyl (C=O) groups is 2. The van der Waals surface area contributed by atoms with Crippen molar-refractivity contribution in [1.29, 1.82) is 0 Å². The van der Waals surface area contributed by atoms with E-state index in [-0.39, 0.29) is 18.2 Å². The van der Waals surface area contributed by atoms with Gasteiger partial charge in [0.05, 0.1) is 5.25 Å². The van der Waals surface area contributed by atoms with E-state index in [1.165, 1.54) is 11.8 Å². The number of amides is 2. The molecule has 2 amide bonds. The van der Waals surface area contributed by atoms with Gasteiger partial charge in [-0.25, -0.2) is 0 Å². The Morgan fingerprint density at radius 3 is 2.22 bits per heavy atom. The Morgan fingerprint density at radius 2 is 1.57 bits per heavy atom. The molecule has 1 aliphatic rings. The molecule has 3 aromatic rings. The van der Waals surface area contributed by atoms with Crippen LogP contribution in [0.2, 0.25) is 0 Å². The van der Waals surface area contributed by atoms with Crippen molar-refractivity contribution in [2.45, 2.75) is 38.7 Å². The molecule has 0 radical (unpaired) electrons. The highest BCUT2D eigenvalue weighted by Crippen LogP contribution is 2.30. The van der Waals surface area contributed by atoms with Gasteiger partial charge in [-0.3, -0.25) is 14.5 Å². The second kappa shape index (κ2) is 12.7. The number of thioether (sulfide) groups is 1. The van der Waals surface area contributed by atoms with Gasteiger partial charge in [-0.05, 0) is 53.4 Å². The van der Waals surface area contributed by atoms with Crippen LogP contribution in [-0.4, -0.2) is 32.8 Å². The monoisotopic (exact) mass is 534 g/mol. The van der Waals surface area contributed by atoms with Gasteiger partial charge in [0.25, 0.3) is 0 Å². The molecule has 0 bridgehead atoms. The average molecular weight is 535 g/mol. The van der Waals surface area contributed by atoms with Crippen molar-refractivity contribution < 1.29 is 19.1 Å². The fourth-order valence-electron chi connectivity index (χ4n) is 3.76. The van der Waals surface area contributed by atoms with E-state index >= 15 is 0 Å². The minimum absolute atomic E-state index is 0.0730. The molecular weight excluding hydrogens is 504 g/mol. The zero-order valence-electron chi connectivity index (χ0n) is 20.9. The molecule has 1 saturated heterocycles. The molecule has 1 atom stereocenters. The molecule has 4 rings (SSSR count). The van der Waals surface area contributed by atoms with Gasteiger partial charge in [0, 0.05) is 19.5 Å². The number of hydrogen-bond acceptors (Lipinski definition) is 6. The number of thiocarbonyl (C=S) groups is 1. The fourth-order valence-corrected chi connectivity index (χ4v) is 5.27. The molecular formula is C29H30N2O4S2. The molecule has 1 heterocycles. The molecule has 1 N–H and O–H groups in total. The van der Waals surface area contributed by atoms with Crippen LogP contribution in [0.15, 0.2) is 78.9 Å². The molecule has 0 saturated carbocycles. The van der Waals surface area contributed by atoms with E-state index in [0.29, 0.717) is 41.4 Å². The van der Waals surface area contributed by atoms with Crippen LogP contribution in [0.4, 0.5) is 0 Å². The first-order chi connectivity index (χ1) is 17.9. The molecule has 3 aromatic carbocycles. The van der Waals surface area contributed by atoms with Crippen molar-refractivity contribution in [1.82, 2.24) is 10.2 Å². The first-order valence-corrected chi connectivity index (χ1v) is 13.5. The predicted octanol–water partition coefficient (Wildman–Crippen LogP) is 5.95. The zero-order chi connectivity index (χ0) is 26.2. The highest BCUT2D eigenvalue weighted by Gasteiger charge is 2.38. The Morgan fingerprint density at radius 1 is 0.946 bits per heavy atom. The summed E-state index contributed by atoms with van der Waals surface area (Å²) in [7, 11) is 0. The minimum atomic E-state index is -0.447. The van der Waals surface area contributed by atoms with Crippen LogP contribution < -0.4 is 14.8 Å². The lowest BCUT2D eigenvalue weighted by molar-refractivity contribution is -0.129. The van der Waals surface area contributed by atoms with E-state index in [4.69, 9.17) is 21.7 Å². The van der Waals surface area contributed by atoms with Gasteiger partial charge in [0.2, 0.25) is 11.8 Å². The van der Waals surface area contributed by atoms with E-state index in [1.54, 1.807) is 4.90 Å². The lowest BCUT2D eigenvalue weighted by Crippen LogP contribution is -2.36. The summed E-state index contributed by atoms with van der Waals surface area (Å²) >= 11 is 6.62. The number of hydrogen-bond donors (Lipinski definition) is 1. The minimum Gasteiger partial charge on any atom is -0.489 e. The summed E-state index contributed by atoms with van der Waals surface area (Å²) in [4.78, 5) is 26.6. The average Bonchev–Trinajstić information content (AvgIpc) is 3.15. The maximum atomic E-state index is 12.6.